The Morgan fingerprint density at radius 1 is 1.30 bits per heavy atom. The average Bonchev–Trinajstić information content (AvgIpc) is 3.29. The topological polar surface area (TPSA) is 71.9 Å². The van der Waals surface area contributed by atoms with E-state index in [0.717, 1.165) is 26.6 Å². The number of thiophene rings is 1. The lowest BCUT2D eigenvalue weighted by Crippen LogP contribution is -2.26. The molecule has 0 fully saturated rings. The minimum Gasteiger partial charge on any atom is -0.497 e. The fraction of sp³-hybridized carbons (Fsp3) is 0.222. The Morgan fingerprint density at radius 3 is 2.78 bits per heavy atom. The van der Waals surface area contributed by atoms with Crippen molar-refractivity contribution in [1.82, 2.24) is 9.40 Å². The number of methoxy groups -OCH3 is 1. The van der Waals surface area contributed by atoms with E-state index in [4.69, 9.17) is 16.3 Å². The fourth-order valence-electron chi connectivity index (χ4n) is 3.13. The number of ether oxygens (including phenoxy) is 1. The van der Waals surface area contributed by atoms with E-state index in [1.165, 1.54) is 11.3 Å². The van der Waals surface area contributed by atoms with Crippen LogP contribution in [-0.4, -0.2) is 36.9 Å². The minimum atomic E-state index is -3.57. The molecule has 3 aromatic rings. The van der Waals surface area contributed by atoms with Gasteiger partial charge in [-0.05, 0) is 35.7 Å². The SMILES string of the molecule is COc1ccc2nc(Cl)c(C3CC(c4cccs4)=NN3S(C)(=O)=O)cc2c1. The van der Waals surface area contributed by atoms with Gasteiger partial charge in [-0.25, -0.2) is 13.4 Å². The van der Waals surface area contributed by atoms with Crippen molar-refractivity contribution < 1.29 is 13.2 Å². The maximum absolute atomic E-state index is 12.3. The third-order valence-electron chi connectivity index (χ3n) is 4.38. The van der Waals surface area contributed by atoms with Gasteiger partial charge in [0.1, 0.15) is 10.9 Å². The van der Waals surface area contributed by atoms with Gasteiger partial charge in [0.25, 0.3) is 0 Å². The number of hydrogen-bond acceptors (Lipinski definition) is 6. The van der Waals surface area contributed by atoms with Crippen LogP contribution in [0.15, 0.2) is 46.9 Å². The molecule has 27 heavy (non-hydrogen) atoms. The van der Waals surface area contributed by atoms with Gasteiger partial charge in [0, 0.05) is 17.4 Å². The maximum atomic E-state index is 12.3. The second kappa shape index (κ2) is 6.78. The molecule has 9 heteroatoms. The zero-order valence-corrected chi connectivity index (χ0v) is 17.0. The summed E-state index contributed by atoms with van der Waals surface area (Å²) in [5, 5.41) is 7.41. The number of pyridine rings is 1. The lowest BCUT2D eigenvalue weighted by atomic mass is 10.0. The van der Waals surface area contributed by atoms with Crippen LogP contribution in [0.5, 0.6) is 5.75 Å². The molecule has 1 aromatic carbocycles. The Balaban J connectivity index is 1.82. The zero-order chi connectivity index (χ0) is 19.2. The van der Waals surface area contributed by atoms with E-state index < -0.39 is 16.1 Å². The molecular formula is C18H16ClN3O3S2. The maximum Gasteiger partial charge on any atom is 0.247 e. The van der Waals surface area contributed by atoms with Crippen LogP contribution < -0.4 is 4.74 Å². The molecule has 3 heterocycles. The molecule has 1 atom stereocenters. The molecule has 1 aliphatic rings. The van der Waals surface area contributed by atoms with Crippen LogP contribution in [0, 0.1) is 0 Å². The first-order valence-corrected chi connectivity index (χ1v) is 11.2. The van der Waals surface area contributed by atoms with Crippen LogP contribution >= 0.6 is 22.9 Å². The van der Waals surface area contributed by atoms with Gasteiger partial charge < -0.3 is 4.74 Å². The molecule has 0 aliphatic carbocycles. The summed E-state index contributed by atoms with van der Waals surface area (Å²) in [7, 11) is -1.98. The molecule has 2 aromatic heterocycles. The van der Waals surface area contributed by atoms with Crippen molar-refractivity contribution in [2.75, 3.05) is 13.4 Å². The smallest absolute Gasteiger partial charge is 0.247 e. The lowest BCUT2D eigenvalue weighted by Gasteiger charge is -2.22. The van der Waals surface area contributed by atoms with Gasteiger partial charge in [0.2, 0.25) is 10.0 Å². The molecule has 0 bridgehead atoms. The first-order valence-electron chi connectivity index (χ1n) is 8.12. The quantitative estimate of drug-likeness (QED) is 0.595. The van der Waals surface area contributed by atoms with E-state index in [1.807, 2.05) is 41.8 Å². The molecule has 4 rings (SSSR count). The summed E-state index contributed by atoms with van der Waals surface area (Å²) < 4.78 is 31.1. The van der Waals surface area contributed by atoms with Crippen molar-refractivity contribution in [2.45, 2.75) is 12.5 Å². The molecule has 1 aliphatic heterocycles. The van der Waals surface area contributed by atoms with Crippen LogP contribution in [0.2, 0.25) is 5.15 Å². The summed E-state index contributed by atoms with van der Waals surface area (Å²) in [4.78, 5) is 5.38. The standard InChI is InChI=1S/C18H16ClN3O3S2/c1-25-12-5-6-14-11(8-12)9-13(18(19)20-14)16-10-15(17-4-3-7-26-17)21-22(16)27(2,23)24/h3-9,16H,10H2,1-2H3. The van der Waals surface area contributed by atoms with Crippen LogP contribution in [0.25, 0.3) is 10.9 Å². The van der Waals surface area contributed by atoms with Gasteiger partial charge in [0.15, 0.2) is 0 Å². The molecule has 1 unspecified atom stereocenters. The van der Waals surface area contributed by atoms with Crippen molar-refractivity contribution >= 4 is 49.6 Å². The number of rotatable bonds is 4. The molecule has 0 amide bonds. The fourth-order valence-corrected chi connectivity index (χ4v) is 5.02. The first-order chi connectivity index (χ1) is 12.9. The summed E-state index contributed by atoms with van der Waals surface area (Å²) in [6.45, 7) is 0. The van der Waals surface area contributed by atoms with E-state index in [2.05, 4.69) is 10.1 Å². The Kier molecular flexibility index (Phi) is 4.57. The van der Waals surface area contributed by atoms with Crippen LogP contribution in [0.3, 0.4) is 0 Å². The van der Waals surface area contributed by atoms with E-state index in [0.29, 0.717) is 23.3 Å². The van der Waals surface area contributed by atoms with E-state index in [1.54, 1.807) is 7.11 Å². The summed E-state index contributed by atoms with van der Waals surface area (Å²) >= 11 is 7.96. The highest BCUT2D eigenvalue weighted by Crippen LogP contribution is 2.39. The summed E-state index contributed by atoms with van der Waals surface area (Å²) in [6.07, 6.45) is 1.58. The van der Waals surface area contributed by atoms with Crippen molar-refractivity contribution in [3.8, 4) is 5.75 Å². The van der Waals surface area contributed by atoms with Gasteiger partial charge in [-0.15, -0.1) is 11.3 Å². The Hall–Kier alpha value is -2.16. The van der Waals surface area contributed by atoms with Crippen LogP contribution in [0.4, 0.5) is 0 Å². The van der Waals surface area contributed by atoms with E-state index in [9.17, 15) is 8.42 Å². The second-order valence-electron chi connectivity index (χ2n) is 6.21. The molecule has 0 spiro atoms. The van der Waals surface area contributed by atoms with Crippen molar-refractivity contribution in [3.63, 3.8) is 0 Å². The summed E-state index contributed by atoms with van der Waals surface area (Å²) in [5.41, 5.74) is 2.06. The number of nitrogens with zero attached hydrogens (tertiary/aromatic N) is 3. The minimum absolute atomic E-state index is 0.272. The number of benzene rings is 1. The van der Waals surface area contributed by atoms with E-state index >= 15 is 0 Å². The van der Waals surface area contributed by atoms with Crippen molar-refractivity contribution in [3.05, 3.63) is 57.4 Å². The first kappa shape index (κ1) is 18.2. The van der Waals surface area contributed by atoms with Gasteiger partial charge >= 0.3 is 0 Å². The zero-order valence-electron chi connectivity index (χ0n) is 14.6. The largest absolute Gasteiger partial charge is 0.497 e. The Morgan fingerprint density at radius 2 is 2.11 bits per heavy atom. The highest BCUT2D eigenvalue weighted by molar-refractivity contribution is 7.88. The number of sulfonamides is 1. The molecule has 140 valence electrons. The summed E-state index contributed by atoms with van der Waals surface area (Å²) in [5.74, 6) is 0.694. The molecule has 0 radical (unpaired) electrons. The number of halogens is 1. The molecule has 0 saturated carbocycles. The van der Waals surface area contributed by atoms with E-state index in [-0.39, 0.29) is 5.15 Å². The van der Waals surface area contributed by atoms with Crippen LogP contribution in [-0.2, 0) is 10.0 Å². The Bertz CT molecular complexity index is 1140. The predicted molar refractivity (Wildman–Crippen MR) is 108 cm³/mol. The molecule has 0 saturated heterocycles. The highest BCUT2D eigenvalue weighted by atomic mass is 35.5. The second-order valence-corrected chi connectivity index (χ2v) is 9.35. The monoisotopic (exact) mass is 421 g/mol. The predicted octanol–water partition coefficient (Wildman–Crippen LogP) is 4.07. The average molecular weight is 422 g/mol. The number of hydrazone groups is 1. The molecular weight excluding hydrogens is 406 g/mol. The molecule has 6 nitrogen and oxygen atoms in total. The van der Waals surface area contributed by atoms with Crippen molar-refractivity contribution in [2.24, 2.45) is 5.10 Å². The van der Waals surface area contributed by atoms with Gasteiger partial charge in [0.05, 0.1) is 35.5 Å². The van der Waals surface area contributed by atoms with Gasteiger partial charge in [-0.2, -0.15) is 9.52 Å². The molecule has 0 N–H and O–H groups in total. The van der Waals surface area contributed by atoms with Crippen molar-refractivity contribution in [1.29, 1.82) is 0 Å². The van der Waals surface area contributed by atoms with Gasteiger partial charge in [-0.3, -0.25) is 0 Å². The number of fused-ring (bicyclic) bond motifs is 1. The highest BCUT2D eigenvalue weighted by Gasteiger charge is 2.36. The van der Waals surface area contributed by atoms with Crippen LogP contribution in [0.1, 0.15) is 22.9 Å². The third kappa shape index (κ3) is 3.40. The van der Waals surface area contributed by atoms with Gasteiger partial charge in [-0.1, -0.05) is 17.7 Å². The Labute approximate surface area is 166 Å². The normalized spacial score (nSPS) is 17.4. The lowest BCUT2D eigenvalue weighted by molar-refractivity contribution is 0.374. The third-order valence-corrected chi connectivity index (χ3v) is 6.62. The summed E-state index contributed by atoms with van der Waals surface area (Å²) in [6, 6.07) is 10.6. The number of aromatic nitrogens is 1. The number of hydrogen-bond donors (Lipinski definition) is 0.